The average Bonchev–Trinajstić information content (AvgIpc) is 3.18. The Morgan fingerprint density at radius 3 is 1.67 bits per heavy atom. The summed E-state index contributed by atoms with van der Waals surface area (Å²) in [6.07, 6.45) is -18.3. The largest absolute Gasteiger partial charge is 0.497 e. The van der Waals surface area contributed by atoms with E-state index in [-0.39, 0.29) is 58.4 Å². The van der Waals surface area contributed by atoms with E-state index in [9.17, 15) is 57.8 Å². The molecule has 3 fully saturated rings. The maximum atomic E-state index is 14.1. The van der Waals surface area contributed by atoms with Crippen molar-refractivity contribution in [2.75, 3.05) is 20.2 Å². The van der Waals surface area contributed by atoms with Gasteiger partial charge in [-0.05, 0) is 100 Å². The van der Waals surface area contributed by atoms with E-state index in [1.807, 2.05) is 0 Å². The number of benzene rings is 4. The topological polar surface area (TPSA) is 42.4 Å². The summed E-state index contributed by atoms with van der Waals surface area (Å²) < 4.78 is 175. The van der Waals surface area contributed by atoms with Crippen LogP contribution >= 0.6 is 0 Å². The van der Waals surface area contributed by atoms with E-state index < -0.39 is 70.2 Å². The van der Waals surface area contributed by atoms with Gasteiger partial charge >= 0.3 is 24.7 Å². The van der Waals surface area contributed by atoms with Gasteiger partial charge in [-0.15, -0.1) is 6.58 Å². The fraction of sp³-hybridized carbons (Fsp3) is 0.310. The first-order chi connectivity index (χ1) is 27.0. The number of hydrogen-bond donors (Lipinski definition) is 1. The lowest BCUT2D eigenvalue weighted by Gasteiger charge is -2.57. The van der Waals surface area contributed by atoms with E-state index in [1.165, 1.54) is 25.4 Å². The molecule has 5 atom stereocenters. The summed E-state index contributed by atoms with van der Waals surface area (Å²) in [5.74, 6) is 0.207. The first kappa shape index (κ1) is 41.1. The standard InChI is InChI=1S/C42H33F12N2O2/c1-3-22-21-56(9-7-23(22)17-37(56)38(57)34-6-8-55-36-5-4-33(58-2)20-35(34)36)32-15-24(26-11-28(39(43,44)45)18-29(12-26)40(46,47)48)10-25(16-32)27-13-30(41(49,50)51)19-31(14-27)42(52,53)54/h3-6,8,10-16,18-20,22-23,37-38,57H,1,7,9,17,21H2,2H3/q+1/t22-,23-,37+,38-,56-/m0/s1. The molecular formula is C42H33F12N2O2+. The molecular weight excluding hydrogens is 792 g/mol. The highest BCUT2D eigenvalue weighted by atomic mass is 19.4. The number of aromatic nitrogens is 1. The van der Waals surface area contributed by atoms with Crippen LogP contribution in [0.1, 0.15) is 46.8 Å². The number of nitrogens with zero attached hydrogens (tertiary/aromatic N) is 2. The molecule has 5 aromatic rings. The second-order valence-corrected chi connectivity index (χ2v) is 14.8. The third-order valence-corrected chi connectivity index (χ3v) is 11.5. The molecule has 3 aliphatic rings. The van der Waals surface area contributed by atoms with Crippen LogP contribution in [0.4, 0.5) is 58.4 Å². The number of methoxy groups -OCH3 is 1. The SMILES string of the molecule is C=C[C@H]1C[N@+]2(c3cc(-c4cc(C(F)(F)F)cc(C(F)(F)F)c4)cc(-c4cc(C(F)(F)F)cc(C(F)(F)F)c4)c3)CC[C@H]1C[C@@H]2[C@@H](O)c1ccnc2ccc(OC)cc12. The van der Waals surface area contributed by atoms with Gasteiger partial charge in [0.15, 0.2) is 0 Å². The molecule has 16 heteroatoms. The molecule has 4 nitrogen and oxygen atoms in total. The van der Waals surface area contributed by atoms with Crippen LogP contribution in [0.5, 0.6) is 5.75 Å². The van der Waals surface area contributed by atoms with Gasteiger partial charge < -0.3 is 9.84 Å². The van der Waals surface area contributed by atoms with Crippen molar-refractivity contribution in [2.45, 2.75) is 49.7 Å². The summed E-state index contributed by atoms with van der Waals surface area (Å²) in [4.78, 5) is 4.38. The molecule has 0 unspecified atom stereocenters. The zero-order valence-electron chi connectivity index (χ0n) is 30.3. The Labute approximate surface area is 323 Å². The molecule has 4 heterocycles. The highest BCUT2D eigenvalue weighted by Crippen LogP contribution is 2.52. The fourth-order valence-electron chi connectivity index (χ4n) is 8.61. The van der Waals surface area contributed by atoms with Crippen LogP contribution in [0, 0.1) is 11.8 Å². The molecule has 0 aliphatic carbocycles. The summed E-state index contributed by atoms with van der Waals surface area (Å²) in [5.41, 5.74) is -7.56. The number of pyridine rings is 1. The van der Waals surface area contributed by atoms with Crippen LogP contribution < -0.4 is 9.22 Å². The van der Waals surface area contributed by atoms with E-state index in [2.05, 4.69) is 11.6 Å². The van der Waals surface area contributed by atoms with Gasteiger partial charge in [0, 0.05) is 42.5 Å². The fourth-order valence-corrected chi connectivity index (χ4v) is 8.61. The smallest absolute Gasteiger partial charge is 0.416 e. The van der Waals surface area contributed by atoms with Gasteiger partial charge in [0.05, 0.1) is 48.0 Å². The van der Waals surface area contributed by atoms with Crippen molar-refractivity contribution in [2.24, 2.45) is 11.8 Å². The highest BCUT2D eigenvalue weighted by Gasteiger charge is 2.55. The molecule has 0 amide bonds. The molecule has 0 spiro atoms. The number of aliphatic hydroxyl groups excluding tert-OH is 1. The summed E-state index contributed by atoms with van der Waals surface area (Å²) in [7, 11) is 1.45. The number of ether oxygens (including phenoxy) is 1. The lowest BCUT2D eigenvalue weighted by molar-refractivity contribution is -0.144. The Kier molecular flexibility index (Phi) is 10.1. The highest BCUT2D eigenvalue weighted by molar-refractivity contribution is 5.84. The van der Waals surface area contributed by atoms with Crippen molar-refractivity contribution < 1.29 is 62.5 Å². The molecule has 0 saturated carbocycles. The lowest BCUT2D eigenvalue weighted by atomic mass is 9.70. The number of rotatable bonds is 7. The van der Waals surface area contributed by atoms with Crippen LogP contribution in [-0.4, -0.2) is 36.3 Å². The monoisotopic (exact) mass is 825 g/mol. The van der Waals surface area contributed by atoms with Crippen molar-refractivity contribution in [3.05, 3.63) is 126 Å². The Morgan fingerprint density at radius 1 is 0.707 bits per heavy atom. The molecule has 3 saturated heterocycles. The van der Waals surface area contributed by atoms with E-state index >= 15 is 0 Å². The van der Waals surface area contributed by atoms with E-state index in [0.29, 0.717) is 59.3 Å². The van der Waals surface area contributed by atoms with Gasteiger partial charge in [0.2, 0.25) is 0 Å². The third kappa shape index (κ3) is 7.63. The minimum atomic E-state index is -5.27. The molecule has 1 N–H and O–H groups in total. The van der Waals surface area contributed by atoms with Crippen LogP contribution in [0.15, 0.2) is 97.7 Å². The van der Waals surface area contributed by atoms with Crippen LogP contribution in [0.25, 0.3) is 33.2 Å². The zero-order valence-corrected chi connectivity index (χ0v) is 30.3. The number of hydrogen-bond acceptors (Lipinski definition) is 3. The minimum Gasteiger partial charge on any atom is -0.497 e. The van der Waals surface area contributed by atoms with Gasteiger partial charge in [-0.2, -0.15) is 52.7 Å². The van der Waals surface area contributed by atoms with Gasteiger partial charge in [-0.3, -0.25) is 9.47 Å². The maximum absolute atomic E-state index is 14.1. The molecule has 8 rings (SSSR count). The van der Waals surface area contributed by atoms with Crippen LogP contribution in [0.3, 0.4) is 0 Å². The van der Waals surface area contributed by atoms with Crippen LogP contribution in [-0.2, 0) is 24.7 Å². The van der Waals surface area contributed by atoms with Crippen molar-refractivity contribution in [1.82, 2.24) is 9.47 Å². The first-order valence-corrected chi connectivity index (χ1v) is 17.9. The number of aliphatic hydroxyl groups is 1. The quantitative estimate of drug-likeness (QED) is 0.101. The molecule has 4 aromatic carbocycles. The second-order valence-electron chi connectivity index (χ2n) is 14.8. The second kappa shape index (κ2) is 14.3. The summed E-state index contributed by atoms with van der Waals surface area (Å²) in [6.45, 7) is 4.40. The molecule has 3 aliphatic heterocycles. The lowest BCUT2D eigenvalue weighted by Crippen LogP contribution is -2.69. The van der Waals surface area contributed by atoms with Gasteiger partial charge in [0.1, 0.15) is 23.6 Å². The maximum Gasteiger partial charge on any atom is 0.416 e. The average molecular weight is 826 g/mol. The van der Waals surface area contributed by atoms with Crippen molar-refractivity contribution in [3.8, 4) is 28.0 Å². The number of alkyl halides is 12. The van der Waals surface area contributed by atoms with E-state index in [4.69, 9.17) is 4.74 Å². The zero-order chi connectivity index (χ0) is 42.2. The first-order valence-electron chi connectivity index (χ1n) is 17.9. The van der Waals surface area contributed by atoms with Gasteiger partial charge in [-0.1, -0.05) is 6.08 Å². The van der Waals surface area contributed by atoms with Crippen LogP contribution in [0.2, 0.25) is 0 Å². The Hall–Kier alpha value is -5.09. The molecule has 1 aromatic heterocycles. The third-order valence-electron chi connectivity index (χ3n) is 11.5. The van der Waals surface area contributed by atoms with Gasteiger partial charge in [-0.25, -0.2) is 0 Å². The van der Waals surface area contributed by atoms with E-state index in [1.54, 1.807) is 30.3 Å². The summed E-state index contributed by atoms with van der Waals surface area (Å²) in [6, 6.07) is 11.1. The number of halogens is 12. The molecule has 0 radical (unpaired) electrons. The summed E-state index contributed by atoms with van der Waals surface area (Å²) in [5, 5.41) is 12.9. The molecule has 58 heavy (non-hydrogen) atoms. The Morgan fingerprint density at radius 2 is 1.21 bits per heavy atom. The molecule has 306 valence electrons. The normalized spacial score (nSPS) is 21.9. The number of quaternary nitrogens is 1. The minimum absolute atomic E-state index is 0.0157. The predicted octanol–water partition coefficient (Wildman–Crippen LogP) is 12.3. The Balaban J connectivity index is 1.52. The number of piperidine rings is 3. The van der Waals surface area contributed by atoms with Crippen molar-refractivity contribution in [1.29, 1.82) is 0 Å². The molecule has 2 bridgehead atoms. The van der Waals surface area contributed by atoms with E-state index in [0.717, 1.165) is 6.07 Å². The summed E-state index contributed by atoms with van der Waals surface area (Å²) >= 11 is 0. The van der Waals surface area contributed by atoms with Gasteiger partial charge in [0.25, 0.3) is 0 Å². The van der Waals surface area contributed by atoms with Crippen molar-refractivity contribution >= 4 is 16.6 Å². The Bertz CT molecular complexity index is 2230. The number of fused-ring (bicyclic) bond motifs is 4. The predicted molar refractivity (Wildman–Crippen MR) is 192 cm³/mol. The van der Waals surface area contributed by atoms with Crippen molar-refractivity contribution in [3.63, 3.8) is 0 Å².